The lowest BCUT2D eigenvalue weighted by Crippen LogP contribution is -2.36. The van der Waals surface area contributed by atoms with E-state index in [2.05, 4.69) is 25.5 Å². The molecule has 3 N–H and O–H groups in total. The van der Waals surface area contributed by atoms with Crippen LogP contribution in [0.15, 0.2) is 60.1 Å². The van der Waals surface area contributed by atoms with Gasteiger partial charge in [0.1, 0.15) is 36.4 Å². The van der Waals surface area contributed by atoms with Gasteiger partial charge in [0.05, 0.1) is 5.52 Å². The van der Waals surface area contributed by atoms with Crippen molar-refractivity contribution in [3.8, 4) is 23.0 Å². The van der Waals surface area contributed by atoms with E-state index in [4.69, 9.17) is 25.2 Å². The van der Waals surface area contributed by atoms with Crippen molar-refractivity contribution in [3.63, 3.8) is 0 Å². The average Bonchev–Trinajstić information content (AvgIpc) is 3.52. The average molecular weight is 494 g/mol. The van der Waals surface area contributed by atoms with Crippen LogP contribution in [0, 0.1) is 6.92 Å². The number of fused-ring (bicyclic) bond motifs is 2. The Morgan fingerprint density at radius 1 is 1.08 bits per heavy atom. The fourth-order valence-corrected chi connectivity index (χ4v) is 4.65. The third kappa shape index (κ3) is 3.84. The Bertz CT molecular complexity index is 1710. The number of hydrogen-bond donors (Lipinski definition) is 2. The van der Waals surface area contributed by atoms with Crippen molar-refractivity contribution in [1.29, 1.82) is 0 Å². The first-order valence-corrected chi connectivity index (χ1v) is 12.0. The molecular formula is C26H23N9O2. The molecule has 0 bridgehead atoms. The molecule has 37 heavy (non-hydrogen) atoms. The molecule has 0 radical (unpaired) electrons. The molecule has 3 aromatic heterocycles. The van der Waals surface area contributed by atoms with Gasteiger partial charge < -0.3 is 20.5 Å². The summed E-state index contributed by atoms with van der Waals surface area (Å²) >= 11 is 0. The molecule has 7 rings (SSSR count). The first-order chi connectivity index (χ1) is 18.0. The van der Waals surface area contributed by atoms with Crippen LogP contribution in [0.3, 0.4) is 0 Å². The van der Waals surface area contributed by atoms with Crippen LogP contribution in [0.1, 0.15) is 24.8 Å². The number of aromatic nitrogens is 6. The van der Waals surface area contributed by atoms with Gasteiger partial charge in [-0.15, -0.1) is 10.2 Å². The monoisotopic (exact) mass is 493 g/mol. The normalized spacial score (nSPS) is 16.0. The molecule has 1 saturated carbocycles. The minimum absolute atomic E-state index is 0.0175. The lowest BCUT2D eigenvalue weighted by atomic mass is 9.78. The molecule has 2 aliphatic rings. The Labute approximate surface area is 211 Å². The van der Waals surface area contributed by atoms with Gasteiger partial charge in [-0.25, -0.2) is 19.9 Å². The first-order valence-electron chi connectivity index (χ1n) is 12.0. The molecule has 5 aromatic rings. The Balaban J connectivity index is 1.13. The highest BCUT2D eigenvalue weighted by Crippen LogP contribution is 2.39. The van der Waals surface area contributed by atoms with Crippen molar-refractivity contribution >= 4 is 34.1 Å². The molecule has 1 aliphatic heterocycles. The molecule has 0 atom stereocenters. The van der Waals surface area contributed by atoms with Gasteiger partial charge in [-0.05, 0) is 68.1 Å². The van der Waals surface area contributed by atoms with Gasteiger partial charge in [0.15, 0.2) is 11.5 Å². The van der Waals surface area contributed by atoms with Crippen LogP contribution in [-0.4, -0.2) is 47.7 Å². The number of ether oxygens (including phenoxy) is 2. The smallest absolute Gasteiger partial charge is 0.289 e. The number of rotatable bonds is 4. The number of nitrogens with two attached hydrogens (primary N) is 1. The van der Waals surface area contributed by atoms with E-state index in [1.165, 1.54) is 6.42 Å². The molecular weight excluding hydrogens is 470 g/mol. The first kappa shape index (κ1) is 21.5. The SMILES string of the molecule is Cc1cc(-c2nc(N)c3cc(NC4=NC5(CCC5)CO4)ccc3n2)ccc1Oc1cc2nncn2cn1. The van der Waals surface area contributed by atoms with Crippen LogP contribution in [0.25, 0.3) is 27.9 Å². The molecule has 11 heteroatoms. The third-order valence-corrected chi connectivity index (χ3v) is 6.89. The van der Waals surface area contributed by atoms with Crippen molar-refractivity contribution in [1.82, 2.24) is 29.5 Å². The quantitative estimate of drug-likeness (QED) is 0.378. The lowest BCUT2D eigenvalue weighted by molar-refractivity contribution is 0.175. The number of aliphatic imine (C=N–C) groups is 1. The van der Waals surface area contributed by atoms with Gasteiger partial charge in [0, 0.05) is 22.7 Å². The van der Waals surface area contributed by atoms with Crippen LogP contribution in [0.5, 0.6) is 11.6 Å². The molecule has 1 fully saturated rings. The van der Waals surface area contributed by atoms with E-state index in [0.29, 0.717) is 41.5 Å². The van der Waals surface area contributed by atoms with Crippen LogP contribution in [0.2, 0.25) is 0 Å². The molecule has 0 unspecified atom stereocenters. The van der Waals surface area contributed by atoms with Crippen molar-refractivity contribution < 1.29 is 9.47 Å². The van der Waals surface area contributed by atoms with Gasteiger partial charge in [0.25, 0.3) is 6.02 Å². The maximum Gasteiger partial charge on any atom is 0.289 e. The topological polar surface area (TPSA) is 138 Å². The zero-order valence-corrected chi connectivity index (χ0v) is 20.0. The van der Waals surface area contributed by atoms with E-state index in [-0.39, 0.29) is 5.54 Å². The summed E-state index contributed by atoms with van der Waals surface area (Å²) in [5.41, 5.74) is 10.3. The second-order valence-electron chi connectivity index (χ2n) is 9.48. The molecule has 1 spiro atoms. The predicted octanol–water partition coefficient (Wildman–Crippen LogP) is 4.14. The Morgan fingerprint density at radius 2 is 2.00 bits per heavy atom. The standard InChI is InChI=1S/C26H23N9O2/c1-15-9-16(3-6-20(15)37-22-11-21-34-29-14-35(21)13-28-22)24-31-19-5-4-17(10-18(19)23(27)32-24)30-25-33-26(12-36-25)7-2-8-26/h3-6,9-11,13-14H,2,7-8,12H2,1H3,(H,30,33)(H2,27,31,32). The van der Waals surface area contributed by atoms with E-state index in [0.717, 1.165) is 40.6 Å². The molecule has 11 nitrogen and oxygen atoms in total. The number of nitrogens with zero attached hydrogens (tertiary/aromatic N) is 7. The van der Waals surface area contributed by atoms with Crippen LogP contribution >= 0.6 is 0 Å². The maximum atomic E-state index is 6.37. The van der Waals surface area contributed by atoms with E-state index in [1.54, 1.807) is 23.1 Å². The highest BCUT2D eigenvalue weighted by molar-refractivity contribution is 5.96. The fourth-order valence-electron chi connectivity index (χ4n) is 4.65. The van der Waals surface area contributed by atoms with Crippen LogP contribution in [-0.2, 0) is 4.74 Å². The molecule has 1 aliphatic carbocycles. The maximum absolute atomic E-state index is 6.37. The van der Waals surface area contributed by atoms with Gasteiger partial charge in [-0.1, -0.05) is 0 Å². The summed E-state index contributed by atoms with van der Waals surface area (Å²) in [4.78, 5) is 18.4. The minimum atomic E-state index is -0.0175. The molecule has 4 heterocycles. The molecule has 0 saturated heterocycles. The van der Waals surface area contributed by atoms with Crippen LogP contribution < -0.4 is 15.8 Å². The number of benzene rings is 2. The van der Waals surface area contributed by atoms with E-state index >= 15 is 0 Å². The predicted molar refractivity (Wildman–Crippen MR) is 139 cm³/mol. The van der Waals surface area contributed by atoms with E-state index in [1.807, 2.05) is 43.3 Å². The summed E-state index contributed by atoms with van der Waals surface area (Å²) in [6.45, 7) is 2.60. The van der Waals surface area contributed by atoms with Gasteiger partial charge >= 0.3 is 0 Å². The second-order valence-corrected chi connectivity index (χ2v) is 9.48. The summed E-state index contributed by atoms with van der Waals surface area (Å²) in [6, 6.07) is 13.8. The molecule has 0 amide bonds. The summed E-state index contributed by atoms with van der Waals surface area (Å²) in [5.74, 6) is 2.05. The summed E-state index contributed by atoms with van der Waals surface area (Å²) < 4.78 is 13.5. The number of anilines is 2. The lowest BCUT2D eigenvalue weighted by Gasteiger charge is -2.32. The van der Waals surface area contributed by atoms with E-state index in [9.17, 15) is 0 Å². The summed E-state index contributed by atoms with van der Waals surface area (Å²) in [7, 11) is 0. The zero-order valence-electron chi connectivity index (χ0n) is 20.0. The number of amidine groups is 1. The number of nitrogens with one attached hydrogen (secondary N) is 1. The van der Waals surface area contributed by atoms with Crippen molar-refractivity contribution in [3.05, 3.63) is 60.7 Å². The van der Waals surface area contributed by atoms with Crippen molar-refractivity contribution in [2.24, 2.45) is 4.99 Å². The number of aryl methyl sites for hydroxylation is 1. The van der Waals surface area contributed by atoms with Gasteiger partial charge in [0.2, 0.25) is 5.88 Å². The number of nitrogen functional groups attached to an aromatic ring is 1. The zero-order chi connectivity index (χ0) is 25.0. The molecule has 2 aromatic carbocycles. The summed E-state index contributed by atoms with van der Waals surface area (Å²) in [5, 5.41) is 11.9. The fraction of sp³-hybridized carbons (Fsp3) is 0.231. The Morgan fingerprint density at radius 3 is 2.81 bits per heavy atom. The Kier molecular flexibility index (Phi) is 4.71. The van der Waals surface area contributed by atoms with Gasteiger partial charge in [-0.2, -0.15) is 0 Å². The highest BCUT2D eigenvalue weighted by Gasteiger charge is 2.42. The number of hydrogen-bond acceptors (Lipinski definition) is 10. The largest absolute Gasteiger partial charge is 0.462 e. The van der Waals surface area contributed by atoms with Crippen LogP contribution in [0.4, 0.5) is 11.5 Å². The van der Waals surface area contributed by atoms with Crippen molar-refractivity contribution in [2.75, 3.05) is 17.7 Å². The van der Waals surface area contributed by atoms with E-state index < -0.39 is 0 Å². The Hall–Kier alpha value is -4.80. The highest BCUT2D eigenvalue weighted by atomic mass is 16.5. The minimum Gasteiger partial charge on any atom is -0.462 e. The molecule has 184 valence electrons. The van der Waals surface area contributed by atoms with Gasteiger partial charge in [-0.3, -0.25) is 4.40 Å². The third-order valence-electron chi connectivity index (χ3n) is 6.89. The summed E-state index contributed by atoms with van der Waals surface area (Å²) in [6.07, 6.45) is 6.57. The van der Waals surface area contributed by atoms with Crippen molar-refractivity contribution in [2.45, 2.75) is 31.7 Å². The second kappa shape index (κ2) is 8.12.